The highest BCUT2D eigenvalue weighted by Crippen LogP contribution is 2.39. The first-order valence-corrected chi connectivity index (χ1v) is 8.42. The van der Waals surface area contributed by atoms with Crippen molar-refractivity contribution in [3.63, 3.8) is 0 Å². The van der Waals surface area contributed by atoms with Gasteiger partial charge in [0.15, 0.2) is 0 Å². The van der Waals surface area contributed by atoms with Crippen LogP contribution in [0.5, 0.6) is 0 Å². The highest BCUT2D eigenvalue weighted by molar-refractivity contribution is 5.90. The summed E-state index contributed by atoms with van der Waals surface area (Å²) in [6.45, 7) is 4.25. The Hall–Kier alpha value is -1.72. The van der Waals surface area contributed by atoms with Crippen molar-refractivity contribution in [3.05, 3.63) is 30.7 Å². The van der Waals surface area contributed by atoms with Crippen molar-refractivity contribution in [2.24, 2.45) is 5.92 Å². The molecule has 1 N–H and O–H groups in total. The number of pyridine rings is 2. The van der Waals surface area contributed by atoms with Gasteiger partial charge in [0.1, 0.15) is 0 Å². The van der Waals surface area contributed by atoms with Crippen LogP contribution in [-0.2, 0) is 4.74 Å². The van der Waals surface area contributed by atoms with Crippen molar-refractivity contribution in [2.75, 3.05) is 24.7 Å². The highest BCUT2D eigenvalue weighted by atomic mass is 16.5. The summed E-state index contributed by atoms with van der Waals surface area (Å²) in [5.41, 5.74) is 1.48. The molecule has 23 heavy (non-hydrogen) atoms. The number of nitrogens with zero attached hydrogens (tertiary/aromatic N) is 3. The molecule has 2 fully saturated rings. The fraction of sp³-hybridized carbons (Fsp3) is 0.556. The van der Waals surface area contributed by atoms with E-state index in [1.807, 2.05) is 25.4 Å². The van der Waals surface area contributed by atoms with E-state index in [2.05, 4.69) is 20.9 Å². The second kappa shape index (κ2) is 5.73. The van der Waals surface area contributed by atoms with Gasteiger partial charge in [0, 0.05) is 54.8 Å². The molecule has 122 valence electrons. The van der Waals surface area contributed by atoms with Crippen LogP contribution in [0.4, 0.5) is 5.69 Å². The molecule has 2 aliphatic heterocycles. The topological polar surface area (TPSA) is 58.5 Å². The van der Waals surface area contributed by atoms with Crippen molar-refractivity contribution < 1.29 is 9.84 Å². The first-order chi connectivity index (χ1) is 11.2. The molecule has 4 heterocycles. The number of fused-ring (bicyclic) bond motifs is 1. The van der Waals surface area contributed by atoms with E-state index in [0.717, 1.165) is 30.3 Å². The predicted octanol–water partition coefficient (Wildman–Crippen LogP) is 2.39. The van der Waals surface area contributed by atoms with E-state index in [0.29, 0.717) is 25.7 Å². The molecule has 2 aromatic rings. The van der Waals surface area contributed by atoms with Crippen molar-refractivity contribution in [2.45, 2.75) is 37.8 Å². The fourth-order valence-electron chi connectivity index (χ4n) is 4.11. The standard InChI is InChI=1S/C18H23N3O2/c1-18(22)6-10-23-12-14(18)17-3-2-9-21(17)16-5-8-20-15-4-7-19-11-13(15)16/h4-5,7-8,11,14,17,22H,2-3,6,9-10,12H2,1H3. The molecule has 3 unspecified atom stereocenters. The Morgan fingerprint density at radius 3 is 3.13 bits per heavy atom. The zero-order chi connectivity index (χ0) is 15.9. The van der Waals surface area contributed by atoms with E-state index >= 15 is 0 Å². The maximum atomic E-state index is 10.8. The fourth-order valence-corrected chi connectivity index (χ4v) is 4.11. The Bertz CT molecular complexity index is 698. The van der Waals surface area contributed by atoms with Gasteiger partial charge in [0.05, 0.1) is 17.7 Å². The summed E-state index contributed by atoms with van der Waals surface area (Å²) < 4.78 is 5.69. The minimum absolute atomic E-state index is 0.138. The molecule has 0 aliphatic carbocycles. The lowest BCUT2D eigenvalue weighted by Gasteiger charge is -2.44. The minimum Gasteiger partial charge on any atom is -0.390 e. The van der Waals surface area contributed by atoms with Gasteiger partial charge in [-0.2, -0.15) is 0 Å². The Morgan fingerprint density at radius 1 is 1.35 bits per heavy atom. The van der Waals surface area contributed by atoms with E-state index in [4.69, 9.17) is 4.74 Å². The van der Waals surface area contributed by atoms with Crippen molar-refractivity contribution in [1.82, 2.24) is 9.97 Å². The molecule has 2 aromatic heterocycles. The number of aromatic nitrogens is 2. The number of ether oxygens (including phenoxy) is 1. The number of hydrogen-bond donors (Lipinski definition) is 1. The third-order valence-electron chi connectivity index (χ3n) is 5.44. The lowest BCUT2D eigenvalue weighted by molar-refractivity contribution is -0.108. The lowest BCUT2D eigenvalue weighted by atomic mass is 9.79. The predicted molar refractivity (Wildman–Crippen MR) is 89.5 cm³/mol. The normalized spacial score (nSPS) is 31.7. The van der Waals surface area contributed by atoms with Crippen LogP contribution >= 0.6 is 0 Å². The third-order valence-corrected chi connectivity index (χ3v) is 5.44. The van der Waals surface area contributed by atoms with Crippen LogP contribution in [0.1, 0.15) is 26.2 Å². The Labute approximate surface area is 136 Å². The quantitative estimate of drug-likeness (QED) is 0.922. The molecule has 0 spiro atoms. The van der Waals surface area contributed by atoms with Crippen molar-refractivity contribution in [3.8, 4) is 0 Å². The van der Waals surface area contributed by atoms with Gasteiger partial charge >= 0.3 is 0 Å². The number of aliphatic hydroxyl groups is 1. The average Bonchev–Trinajstić information content (AvgIpc) is 3.03. The Morgan fingerprint density at radius 2 is 2.26 bits per heavy atom. The number of rotatable bonds is 2. The summed E-state index contributed by atoms with van der Waals surface area (Å²) in [5, 5.41) is 11.9. The molecule has 5 heteroatoms. The summed E-state index contributed by atoms with van der Waals surface area (Å²) >= 11 is 0. The monoisotopic (exact) mass is 313 g/mol. The summed E-state index contributed by atoms with van der Waals surface area (Å²) in [7, 11) is 0. The van der Waals surface area contributed by atoms with E-state index < -0.39 is 5.60 Å². The van der Waals surface area contributed by atoms with E-state index in [1.54, 1.807) is 6.20 Å². The van der Waals surface area contributed by atoms with Crippen LogP contribution in [0.3, 0.4) is 0 Å². The molecule has 4 rings (SSSR count). The van der Waals surface area contributed by atoms with E-state index in [9.17, 15) is 5.11 Å². The smallest absolute Gasteiger partial charge is 0.0753 e. The van der Waals surface area contributed by atoms with Crippen molar-refractivity contribution >= 4 is 16.6 Å². The molecule has 0 saturated carbocycles. The average molecular weight is 313 g/mol. The molecular weight excluding hydrogens is 290 g/mol. The second-order valence-corrected chi connectivity index (χ2v) is 6.91. The zero-order valence-corrected chi connectivity index (χ0v) is 13.5. The first-order valence-electron chi connectivity index (χ1n) is 8.42. The molecule has 0 amide bonds. The van der Waals surface area contributed by atoms with E-state index in [-0.39, 0.29) is 5.92 Å². The lowest BCUT2D eigenvalue weighted by Crippen LogP contribution is -2.52. The summed E-state index contributed by atoms with van der Waals surface area (Å²) in [6.07, 6.45) is 8.47. The molecule has 0 aromatic carbocycles. The first kappa shape index (κ1) is 14.8. The maximum Gasteiger partial charge on any atom is 0.0753 e. The molecule has 0 radical (unpaired) electrons. The summed E-state index contributed by atoms with van der Waals surface area (Å²) in [5.74, 6) is 0.138. The van der Waals surface area contributed by atoms with Gasteiger partial charge in [-0.25, -0.2) is 0 Å². The minimum atomic E-state index is -0.660. The van der Waals surface area contributed by atoms with Gasteiger partial charge in [0.2, 0.25) is 0 Å². The van der Waals surface area contributed by atoms with Gasteiger partial charge in [-0.05, 0) is 38.3 Å². The van der Waals surface area contributed by atoms with Crippen molar-refractivity contribution in [1.29, 1.82) is 0 Å². The van der Waals surface area contributed by atoms with Crippen LogP contribution in [0, 0.1) is 5.92 Å². The van der Waals surface area contributed by atoms with Gasteiger partial charge in [-0.1, -0.05) is 0 Å². The van der Waals surface area contributed by atoms with Gasteiger partial charge in [-0.15, -0.1) is 0 Å². The summed E-state index contributed by atoms with van der Waals surface area (Å²) in [4.78, 5) is 11.1. The SMILES string of the molecule is CC1(O)CCOCC1C1CCCN1c1ccnc2ccncc12. The van der Waals surface area contributed by atoms with Crippen LogP contribution < -0.4 is 4.90 Å². The van der Waals surface area contributed by atoms with Gasteiger partial charge in [0.25, 0.3) is 0 Å². The van der Waals surface area contributed by atoms with Crippen LogP contribution in [-0.4, -0.2) is 46.5 Å². The molecule has 3 atom stereocenters. The Kier molecular flexibility index (Phi) is 3.70. The maximum absolute atomic E-state index is 10.8. The third kappa shape index (κ3) is 2.58. The molecule has 2 aliphatic rings. The largest absolute Gasteiger partial charge is 0.390 e. The van der Waals surface area contributed by atoms with Crippen LogP contribution in [0.25, 0.3) is 10.9 Å². The second-order valence-electron chi connectivity index (χ2n) is 6.91. The molecule has 0 bridgehead atoms. The van der Waals surface area contributed by atoms with Gasteiger partial charge in [-0.3, -0.25) is 9.97 Å². The highest BCUT2D eigenvalue weighted by Gasteiger charge is 2.44. The zero-order valence-electron chi connectivity index (χ0n) is 13.5. The molecular formula is C18H23N3O2. The van der Waals surface area contributed by atoms with Crippen LogP contribution in [0.15, 0.2) is 30.7 Å². The Balaban J connectivity index is 1.72. The van der Waals surface area contributed by atoms with Gasteiger partial charge < -0.3 is 14.7 Å². The number of anilines is 1. The molecule has 2 saturated heterocycles. The molecule has 5 nitrogen and oxygen atoms in total. The summed E-state index contributed by atoms with van der Waals surface area (Å²) in [6, 6.07) is 4.32. The van der Waals surface area contributed by atoms with E-state index in [1.165, 1.54) is 5.69 Å². The van der Waals surface area contributed by atoms with Crippen LogP contribution in [0.2, 0.25) is 0 Å². The number of hydrogen-bond acceptors (Lipinski definition) is 5.